The Morgan fingerprint density at radius 2 is 2.03 bits per heavy atom. The maximum atomic E-state index is 12.3. The summed E-state index contributed by atoms with van der Waals surface area (Å²) in [5, 5.41) is 4.37. The van der Waals surface area contributed by atoms with E-state index in [1.54, 1.807) is 22.6 Å². The Kier molecular flexibility index (Phi) is 8.28. The molecule has 0 saturated carbocycles. The highest BCUT2D eigenvalue weighted by Gasteiger charge is 2.29. The second-order valence-corrected chi connectivity index (χ2v) is 12.2. The van der Waals surface area contributed by atoms with Crippen molar-refractivity contribution in [3.63, 3.8) is 0 Å². The Morgan fingerprint density at radius 1 is 1.26 bits per heavy atom. The van der Waals surface area contributed by atoms with Gasteiger partial charge in [-0.2, -0.15) is 0 Å². The predicted octanol–water partition coefficient (Wildman–Crippen LogP) is 3.65. The van der Waals surface area contributed by atoms with Crippen molar-refractivity contribution >= 4 is 38.2 Å². The average Bonchev–Trinajstić information content (AvgIpc) is 3.50. The first-order valence-electron chi connectivity index (χ1n) is 12.1. The van der Waals surface area contributed by atoms with Crippen LogP contribution in [0.5, 0.6) is 0 Å². The highest BCUT2D eigenvalue weighted by Crippen LogP contribution is 2.38. The van der Waals surface area contributed by atoms with E-state index in [1.165, 1.54) is 4.88 Å². The minimum atomic E-state index is -3.17. The molecule has 1 saturated heterocycles. The predicted molar refractivity (Wildman–Crippen MR) is 141 cm³/mol. The number of H-pyrrole nitrogens is 1. The first kappa shape index (κ1) is 25.8. The van der Waals surface area contributed by atoms with E-state index in [4.69, 9.17) is 10.5 Å². The lowest BCUT2D eigenvalue weighted by atomic mass is 9.89. The molecule has 4 N–H and O–H groups in total. The van der Waals surface area contributed by atoms with Crippen LogP contribution in [-0.4, -0.2) is 62.2 Å². The van der Waals surface area contributed by atoms with Crippen molar-refractivity contribution in [1.29, 1.82) is 0 Å². The van der Waals surface area contributed by atoms with Crippen molar-refractivity contribution in [3.05, 3.63) is 46.5 Å². The van der Waals surface area contributed by atoms with Crippen molar-refractivity contribution in [3.8, 4) is 10.4 Å². The Bertz CT molecular complexity index is 1270. The molecule has 0 radical (unpaired) electrons. The second-order valence-electron chi connectivity index (χ2n) is 8.77. The van der Waals surface area contributed by atoms with E-state index in [2.05, 4.69) is 28.5 Å². The van der Waals surface area contributed by atoms with Gasteiger partial charge in [0.2, 0.25) is 10.0 Å². The topological polar surface area (TPSA) is 118 Å². The summed E-state index contributed by atoms with van der Waals surface area (Å²) in [5.41, 5.74) is 9.05. The van der Waals surface area contributed by atoms with Crippen LogP contribution in [0, 0.1) is 0 Å². The van der Waals surface area contributed by atoms with Crippen LogP contribution >= 0.6 is 11.3 Å². The molecule has 0 bridgehead atoms. The second kappa shape index (κ2) is 11.2. The Hall–Kier alpha value is -2.24. The van der Waals surface area contributed by atoms with Crippen molar-refractivity contribution < 1.29 is 17.9 Å². The van der Waals surface area contributed by atoms with E-state index in [9.17, 15) is 13.2 Å². The van der Waals surface area contributed by atoms with E-state index in [0.717, 1.165) is 52.8 Å². The Morgan fingerprint density at radius 3 is 2.71 bits per heavy atom. The van der Waals surface area contributed by atoms with E-state index in [-0.39, 0.29) is 11.7 Å². The van der Waals surface area contributed by atoms with Crippen LogP contribution in [-0.2, 0) is 21.3 Å². The minimum Gasteiger partial charge on any atom is -0.380 e. The maximum absolute atomic E-state index is 12.3. The van der Waals surface area contributed by atoms with Crippen molar-refractivity contribution in [2.45, 2.75) is 39.2 Å². The molecule has 1 fully saturated rings. The molecular weight excluding hydrogens is 484 g/mol. The number of carbonyl (C=O) groups is 1. The van der Waals surface area contributed by atoms with Gasteiger partial charge in [-0.15, -0.1) is 11.3 Å². The maximum Gasteiger partial charge on any atom is 0.250 e. The highest BCUT2D eigenvalue weighted by atomic mass is 32.2. The number of sulfonamides is 1. The summed E-state index contributed by atoms with van der Waals surface area (Å²) < 4.78 is 31.5. The molecule has 1 aliphatic heterocycles. The van der Waals surface area contributed by atoms with Gasteiger partial charge in [-0.25, -0.2) is 12.7 Å². The molecule has 8 nitrogen and oxygen atoms in total. The number of aromatic nitrogens is 1. The molecule has 3 aromatic rings. The van der Waals surface area contributed by atoms with Gasteiger partial charge in [-0.05, 0) is 68.0 Å². The molecular formula is C25H34N4O4S2. The molecule has 1 aliphatic rings. The monoisotopic (exact) mass is 518 g/mol. The van der Waals surface area contributed by atoms with Crippen LogP contribution in [0.3, 0.4) is 0 Å². The molecule has 4 rings (SSSR count). The Labute approximate surface area is 210 Å². The van der Waals surface area contributed by atoms with E-state index >= 15 is 0 Å². The van der Waals surface area contributed by atoms with Gasteiger partial charge in [0.15, 0.2) is 0 Å². The number of nitrogens with two attached hydrogens (primary N) is 1. The molecule has 0 atom stereocenters. The lowest BCUT2D eigenvalue weighted by Gasteiger charge is -2.31. The summed E-state index contributed by atoms with van der Waals surface area (Å²) in [5.74, 6) is -0.124. The number of thiophene rings is 1. The normalized spacial score (nSPS) is 15.7. The van der Waals surface area contributed by atoms with Crippen LogP contribution in [0.4, 0.5) is 0 Å². The largest absolute Gasteiger partial charge is 0.380 e. The van der Waals surface area contributed by atoms with Gasteiger partial charge in [-0.3, -0.25) is 4.79 Å². The standard InChI is InChI=1S/C25H34N4O4S2/c1-3-33-12-9-27-15-19-5-6-23(34-19)18-13-20-22(16-28-24(20)21(14-18)25(26)30)17-7-10-29(11-8-17)35(31,32)4-2/h5-6,13-14,16-17,27-28H,3-4,7-12,15H2,1-2H3,(H2,26,30). The molecule has 1 aromatic carbocycles. The number of rotatable bonds is 11. The number of aromatic amines is 1. The Balaban J connectivity index is 1.58. The van der Waals surface area contributed by atoms with Crippen LogP contribution in [0.2, 0.25) is 0 Å². The zero-order valence-corrected chi connectivity index (χ0v) is 21.9. The van der Waals surface area contributed by atoms with Crippen LogP contribution < -0.4 is 11.1 Å². The fourth-order valence-electron chi connectivity index (χ4n) is 4.68. The SMILES string of the molecule is CCOCCNCc1ccc(-c2cc(C(N)=O)c3[nH]cc(C4CCN(S(=O)(=O)CC)CC4)c3c2)s1. The summed E-state index contributed by atoms with van der Waals surface area (Å²) in [4.78, 5) is 17.9. The number of nitrogens with one attached hydrogen (secondary N) is 2. The summed E-state index contributed by atoms with van der Waals surface area (Å²) in [7, 11) is -3.17. The number of amides is 1. The number of ether oxygens (including phenoxy) is 1. The van der Waals surface area contributed by atoms with Crippen LogP contribution in [0.25, 0.3) is 21.3 Å². The fraction of sp³-hybridized carbons (Fsp3) is 0.480. The van der Waals surface area contributed by atoms with Gasteiger partial charge in [0.25, 0.3) is 5.91 Å². The van der Waals surface area contributed by atoms with Crippen molar-refractivity contribution in [1.82, 2.24) is 14.6 Å². The minimum absolute atomic E-state index is 0.126. The number of piperidine rings is 1. The number of hydrogen-bond acceptors (Lipinski definition) is 6. The molecule has 10 heteroatoms. The first-order valence-corrected chi connectivity index (χ1v) is 14.6. The summed E-state index contributed by atoms with van der Waals surface area (Å²) in [6.07, 6.45) is 3.45. The van der Waals surface area contributed by atoms with Crippen LogP contribution in [0.1, 0.15) is 53.4 Å². The van der Waals surface area contributed by atoms with Crippen molar-refractivity contribution in [2.75, 3.05) is 38.6 Å². The molecule has 0 spiro atoms. The third-order valence-corrected chi connectivity index (χ3v) is 9.63. The quantitative estimate of drug-likeness (QED) is 0.335. The smallest absolute Gasteiger partial charge is 0.250 e. The van der Waals surface area contributed by atoms with Gasteiger partial charge in [-0.1, -0.05) is 0 Å². The summed E-state index contributed by atoms with van der Waals surface area (Å²) in [6, 6.07) is 8.17. The van der Waals surface area contributed by atoms with Gasteiger partial charge >= 0.3 is 0 Å². The van der Waals surface area contributed by atoms with Crippen molar-refractivity contribution in [2.24, 2.45) is 5.73 Å². The number of hydrogen-bond donors (Lipinski definition) is 3. The molecule has 2 aromatic heterocycles. The summed E-state index contributed by atoms with van der Waals surface area (Å²) in [6.45, 7) is 7.65. The number of benzene rings is 1. The number of nitrogens with zero attached hydrogens (tertiary/aromatic N) is 1. The number of carbonyl (C=O) groups excluding carboxylic acids is 1. The fourth-order valence-corrected chi connectivity index (χ4v) is 6.78. The third-order valence-electron chi connectivity index (χ3n) is 6.61. The van der Waals surface area contributed by atoms with Gasteiger partial charge < -0.3 is 20.8 Å². The van der Waals surface area contributed by atoms with E-state index in [1.807, 2.05) is 19.2 Å². The highest BCUT2D eigenvalue weighted by molar-refractivity contribution is 7.89. The van der Waals surface area contributed by atoms with E-state index < -0.39 is 15.9 Å². The lowest BCUT2D eigenvalue weighted by Crippen LogP contribution is -2.38. The molecule has 0 unspecified atom stereocenters. The summed E-state index contributed by atoms with van der Waals surface area (Å²) >= 11 is 1.69. The number of primary amides is 1. The lowest BCUT2D eigenvalue weighted by molar-refractivity contribution is 0.100. The van der Waals surface area contributed by atoms with Gasteiger partial charge in [0.05, 0.1) is 23.4 Å². The van der Waals surface area contributed by atoms with Gasteiger partial charge in [0.1, 0.15) is 0 Å². The van der Waals surface area contributed by atoms with Crippen LogP contribution in [0.15, 0.2) is 30.5 Å². The third kappa shape index (κ3) is 5.78. The zero-order chi connectivity index (χ0) is 25.0. The van der Waals surface area contributed by atoms with E-state index in [0.29, 0.717) is 31.9 Å². The molecule has 190 valence electrons. The zero-order valence-electron chi connectivity index (χ0n) is 20.3. The van der Waals surface area contributed by atoms with Gasteiger partial charge in [0, 0.05) is 54.1 Å². The number of fused-ring (bicyclic) bond motifs is 1. The molecule has 35 heavy (non-hydrogen) atoms. The first-order chi connectivity index (χ1) is 16.8. The molecule has 0 aliphatic carbocycles. The molecule has 1 amide bonds. The average molecular weight is 519 g/mol. The molecule has 3 heterocycles.